The summed E-state index contributed by atoms with van der Waals surface area (Å²) in [6, 6.07) is 9.18. The van der Waals surface area contributed by atoms with Crippen LogP contribution in [0.15, 0.2) is 52.8 Å². The second-order valence-electron chi connectivity index (χ2n) is 7.68. The van der Waals surface area contributed by atoms with E-state index in [2.05, 4.69) is 43.8 Å². The number of hydrazone groups is 1. The zero-order chi connectivity index (χ0) is 26.9. The van der Waals surface area contributed by atoms with E-state index in [0.29, 0.717) is 22.8 Å². The second-order valence-corrected chi connectivity index (χ2v) is 8.84. The summed E-state index contributed by atoms with van der Waals surface area (Å²) in [5.41, 5.74) is 4.45. The molecule has 1 aliphatic rings. The monoisotopic (exact) mass is 622 g/mol. The smallest absolute Gasteiger partial charge is 0.338 e. The van der Waals surface area contributed by atoms with E-state index in [-0.39, 0.29) is 18.8 Å². The number of hydrogen-bond acceptors (Lipinski definition) is 8. The lowest BCUT2D eigenvalue weighted by Gasteiger charge is -2.28. The lowest BCUT2D eigenvalue weighted by Crippen LogP contribution is -2.45. The maximum atomic E-state index is 12.5. The van der Waals surface area contributed by atoms with Gasteiger partial charge in [-0.25, -0.2) is 15.0 Å². The number of amides is 3. The van der Waals surface area contributed by atoms with E-state index in [4.69, 9.17) is 18.9 Å². The molecule has 0 unspecified atom stereocenters. The van der Waals surface area contributed by atoms with Crippen LogP contribution in [0, 0.1) is 3.57 Å². The highest BCUT2D eigenvalue weighted by Gasteiger charge is 2.32. The second kappa shape index (κ2) is 12.9. The van der Waals surface area contributed by atoms with Crippen LogP contribution in [0.3, 0.4) is 0 Å². The van der Waals surface area contributed by atoms with Crippen molar-refractivity contribution in [2.45, 2.75) is 19.9 Å². The zero-order valence-corrected chi connectivity index (χ0v) is 22.9. The van der Waals surface area contributed by atoms with Gasteiger partial charge in [-0.3, -0.25) is 4.79 Å². The molecular weight excluding hydrogens is 595 g/mol. The number of carbonyl (C=O) groups excluding carboxylic acids is 3. The summed E-state index contributed by atoms with van der Waals surface area (Å²) < 4.78 is 22.3. The third kappa shape index (κ3) is 7.12. The van der Waals surface area contributed by atoms with Crippen molar-refractivity contribution in [1.82, 2.24) is 16.1 Å². The van der Waals surface area contributed by atoms with E-state index in [9.17, 15) is 14.4 Å². The lowest BCUT2D eigenvalue weighted by molar-refractivity contribution is -0.139. The summed E-state index contributed by atoms with van der Waals surface area (Å²) in [6.07, 6.45) is 1.51. The molecule has 37 heavy (non-hydrogen) atoms. The Kier molecular flexibility index (Phi) is 9.71. The Labute approximate surface area is 227 Å². The van der Waals surface area contributed by atoms with Crippen molar-refractivity contribution >= 4 is 46.7 Å². The van der Waals surface area contributed by atoms with Crippen LogP contribution in [0.4, 0.5) is 4.79 Å². The molecule has 0 saturated heterocycles. The Morgan fingerprint density at radius 3 is 2.51 bits per heavy atom. The highest BCUT2D eigenvalue weighted by molar-refractivity contribution is 14.1. The first-order valence-corrected chi connectivity index (χ1v) is 12.3. The third-order valence-electron chi connectivity index (χ3n) is 5.22. The van der Waals surface area contributed by atoms with Crippen molar-refractivity contribution in [2.24, 2.45) is 5.10 Å². The molecule has 1 atom stereocenters. The van der Waals surface area contributed by atoms with E-state index in [1.54, 1.807) is 39.2 Å². The minimum Gasteiger partial charge on any atom is -0.496 e. The van der Waals surface area contributed by atoms with Crippen LogP contribution in [0.2, 0.25) is 0 Å². The maximum Gasteiger partial charge on any atom is 0.338 e. The molecule has 0 aromatic heterocycles. The first-order chi connectivity index (χ1) is 17.8. The summed E-state index contributed by atoms with van der Waals surface area (Å²) in [5.74, 6) is 0.350. The Morgan fingerprint density at radius 2 is 1.84 bits per heavy atom. The SMILES string of the molecule is CCOC(=O)C1=C(C)NC(=O)N[C@H]1c1ccc(OCC(=O)N/N=C\c2ccc(OC)c(I)c2)c(OC)c1. The maximum absolute atomic E-state index is 12.5. The van der Waals surface area contributed by atoms with E-state index in [0.717, 1.165) is 14.9 Å². The van der Waals surface area contributed by atoms with Crippen LogP contribution < -0.4 is 30.3 Å². The number of hydrogen-bond donors (Lipinski definition) is 3. The van der Waals surface area contributed by atoms with Gasteiger partial charge in [-0.15, -0.1) is 0 Å². The number of allylic oxidation sites excluding steroid dienone is 1. The number of nitrogens with one attached hydrogen (secondary N) is 3. The molecule has 3 rings (SSSR count). The molecule has 2 aromatic carbocycles. The van der Waals surface area contributed by atoms with Crippen molar-refractivity contribution in [3.8, 4) is 17.2 Å². The number of ether oxygens (including phenoxy) is 4. The highest BCUT2D eigenvalue weighted by Crippen LogP contribution is 2.34. The fourth-order valence-corrected chi connectivity index (χ4v) is 4.28. The number of urea groups is 1. The molecule has 196 valence electrons. The molecule has 3 amide bonds. The van der Waals surface area contributed by atoms with E-state index < -0.39 is 23.9 Å². The normalized spacial score (nSPS) is 15.1. The van der Waals surface area contributed by atoms with Gasteiger partial charge < -0.3 is 29.6 Å². The number of nitrogens with zero attached hydrogens (tertiary/aromatic N) is 1. The van der Waals surface area contributed by atoms with Gasteiger partial charge >= 0.3 is 12.0 Å². The predicted octanol–water partition coefficient (Wildman–Crippen LogP) is 3.03. The van der Waals surface area contributed by atoms with E-state index >= 15 is 0 Å². The number of benzene rings is 2. The van der Waals surface area contributed by atoms with Crippen molar-refractivity contribution < 1.29 is 33.3 Å². The Bertz CT molecular complexity index is 1250. The first kappa shape index (κ1) is 27.8. The molecule has 0 fully saturated rings. The molecule has 0 aliphatic carbocycles. The minimum atomic E-state index is -0.755. The lowest BCUT2D eigenvalue weighted by atomic mass is 9.95. The van der Waals surface area contributed by atoms with Gasteiger partial charge in [-0.2, -0.15) is 5.10 Å². The minimum absolute atomic E-state index is 0.192. The average molecular weight is 622 g/mol. The van der Waals surface area contributed by atoms with Gasteiger partial charge in [-0.05, 0) is 77.9 Å². The van der Waals surface area contributed by atoms with Crippen molar-refractivity contribution in [1.29, 1.82) is 0 Å². The average Bonchev–Trinajstić information content (AvgIpc) is 2.87. The standard InChI is InChI=1S/C25H27IN4O7/c1-5-36-24(32)22-14(2)28-25(33)29-23(22)16-7-9-19(20(11-16)35-4)37-13-21(31)30-27-12-15-6-8-18(34-3)17(26)10-15/h6-12,23H,5,13H2,1-4H3,(H,30,31)(H2,28,29,33)/b27-12-/t23-/m0/s1. The van der Waals surface area contributed by atoms with Crippen molar-refractivity contribution in [3.05, 3.63) is 62.4 Å². The fraction of sp³-hybridized carbons (Fsp3) is 0.280. The topological polar surface area (TPSA) is 137 Å². The van der Waals surface area contributed by atoms with Gasteiger partial charge in [0.2, 0.25) is 0 Å². The quantitative estimate of drug-likeness (QED) is 0.160. The van der Waals surface area contributed by atoms with Crippen LogP contribution in [0.5, 0.6) is 17.2 Å². The molecule has 11 nitrogen and oxygen atoms in total. The van der Waals surface area contributed by atoms with E-state index in [1.807, 2.05) is 18.2 Å². The Hall–Kier alpha value is -3.81. The molecule has 0 saturated carbocycles. The fourth-order valence-electron chi connectivity index (χ4n) is 3.52. The van der Waals surface area contributed by atoms with Gasteiger partial charge in [0.25, 0.3) is 5.91 Å². The molecule has 2 aromatic rings. The Balaban J connectivity index is 1.67. The molecular formula is C25H27IN4O7. The first-order valence-electron chi connectivity index (χ1n) is 11.2. The largest absolute Gasteiger partial charge is 0.496 e. The molecule has 1 aliphatic heterocycles. The zero-order valence-electron chi connectivity index (χ0n) is 20.7. The summed E-state index contributed by atoms with van der Waals surface area (Å²) in [7, 11) is 3.04. The molecule has 3 N–H and O–H groups in total. The van der Waals surface area contributed by atoms with E-state index in [1.165, 1.54) is 13.3 Å². The summed E-state index contributed by atoms with van der Waals surface area (Å²) in [5, 5.41) is 9.26. The predicted molar refractivity (Wildman–Crippen MR) is 144 cm³/mol. The number of rotatable bonds is 10. The molecule has 0 spiro atoms. The molecule has 12 heteroatoms. The number of esters is 1. The van der Waals surface area contributed by atoms with Gasteiger partial charge in [0.15, 0.2) is 18.1 Å². The third-order valence-corrected chi connectivity index (χ3v) is 6.07. The Morgan fingerprint density at radius 1 is 1.11 bits per heavy atom. The van der Waals surface area contributed by atoms with Gasteiger partial charge in [0.05, 0.1) is 42.2 Å². The van der Waals surface area contributed by atoms with Crippen LogP contribution in [0.25, 0.3) is 0 Å². The molecule has 1 heterocycles. The van der Waals surface area contributed by atoms with Gasteiger partial charge in [0.1, 0.15) is 5.75 Å². The summed E-state index contributed by atoms with van der Waals surface area (Å²) in [6.45, 7) is 3.21. The number of carbonyl (C=O) groups is 3. The van der Waals surface area contributed by atoms with Gasteiger partial charge in [-0.1, -0.05) is 6.07 Å². The highest BCUT2D eigenvalue weighted by atomic mass is 127. The summed E-state index contributed by atoms with van der Waals surface area (Å²) >= 11 is 2.15. The number of halogens is 1. The van der Waals surface area contributed by atoms with Crippen LogP contribution in [0.1, 0.15) is 31.0 Å². The van der Waals surface area contributed by atoms with Crippen LogP contribution in [-0.2, 0) is 14.3 Å². The van der Waals surface area contributed by atoms with Crippen LogP contribution in [-0.4, -0.2) is 51.6 Å². The molecule has 0 radical (unpaired) electrons. The number of methoxy groups -OCH3 is 2. The van der Waals surface area contributed by atoms with Gasteiger partial charge in [0, 0.05) is 5.70 Å². The van der Waals surface area contributed by atoms with Crippen molar-refractivity contribution in [3.63, 3.8) is 0 Å². The van der Waals surface area contributed by atoms with Crippen LogP contribution >= 0.6 is 22.6 Å². The molecule has 0 bridgehead atoms. The summed E-state index contributed by atoms with van der Waals surface area (Å²) in [4.78, 5) is 36.8. The van der Waals surface area contributed by atoms with Crippen molar-refractivity contribution in [2.75, 3.05) is 27.4 Å².